The van der Waals surface area contributed by atoms with Crippen LogP contribution < -0.4 is 5.32 Å². The molecule has 0 bridgehead atoms. The number of benzene rings is 1. The predicted octanol–water partition coefficient (Wildman–Crippen LogP) is 3.52. The van der Waals surface area contributed by atoms with Gasteiger partial charge in [-0.15, -0.1) is 5.10 Å². The van der Waals surface area contributed by atoms with Crippen molar-refractivity contribution in [2.45, 2.75) is 0 Å². The fourth-order valence-corrected chi connectivity index (χ4v) is 2.33. The lowest BCUT2D eigenvalue weighted by molar-refractivity contribution is 0.0996. The molecule has 0 atom stereocenters. The van der Waals surface area contributed by atoms with Crippen LogP contribution in [0, 0.1) is 5.82 Å². The molecule has 1 aromatic carbocycles. The second kappa shape index (κ2) is 6.60. The molecule has 2 N–H and O–H groups in total. The van der Waals surface area contributed by atoms with Gasteiger partial charge in [0.25, 0.3) is 5.91 Å². The van der Waals surface area contributed by atoms with Crippen LogP contribution in [0.5, 0.6) is 0 Å². The summed E-state index contributed by atoms with van der Waals surface area (Å²) >= 11 is 0. The SMILES string of the molecule is O=C(Nc1n[nH]c(-c2ccccn2)n1)c1ccc(-c2ccc(F)cc2)o1. The lowest BCUT2D eigenvalue weighted by Gasteiger charge is -1.98. The highest BCUT2D eigenvalue weighted by atomic mass is 19.1. The molecule has 0 aliphatic heterocycles. The minimum atomic E-state index is -0.495. The van der Waals surface area contributed by atoms with Gasteiger partial charge < -0.3 is 4.42 Å². The van der Waals surface area contributed by atoms with E-state index in [1.165, 1.54) is 18.2 Å². The zero-order valence-electron chi connectivity index (χ0n) is 13.3. The maximum Gasteiger partial charge on any atom is 0.293 e. The molecule has 0 saturated carbocycles. The number of hydrogen-bond donors (Lipinski definition) is 2. The highest BCUT2D eigenvalue weighted by molar-refractivity contribution is 6.01. The maximum absolute atomic E-state index is 13.0. The van der Waals surface area contributed by atoms with Gasteiger partial charge in [-0.05, 0) is 48.5 Å². The Kier molecular flexibility index (Phi) is 3.98. The first-order chi connectivity index (χ1) is 12.7. The van der Waals surface area contributed by atoms with Crippen molar-refractivity contribution in [3.8, 4) is 22.8 Å². The summed E-state index contributed by atoms with van der Waals surface area (Å²) in [6.07, 6.45) is 1.63. The van der Waals surface area contributed by atoms with Gasteiger partial charge in [-0.2, -0.15) is 4.98 Å². The van der Waals surface area contributed by atoms with Gasteiger partial charge >= 0.3 is 0 Å². The van der Waals surface area contributed by atoms with Crippen molar-refractivity contribution in [3.05, 3.63) is 72.4 Å². The number of amides is 1. The molecule has 0 fully saturated rings. The zero-order valence-corrected chi connectivity index (χ0v) is 13.3. The maximum atomic E-state index is 13.0. The first kappa shape index (κ1) is 15.7. The predicted molar refractivity (Wildman–Crippen MR) is 91.7 cm³/mol. The molecule has 0 radical (unpaired) electrons. The second-order valence-electron chi connectivity index (χ2n) is 5.35. The molecular weight excluding hydrogens is 337 g/mol. The van der Waals surface area contributed by atoms with Crippen LogP contribution in [0.2, 0.25) is 0 Å². The number of H-pyrrole nitrogens is 1. The molecule has 0 spiro atoms. The van der Waals surface area contributed by atoms with E-state index in [2.05, 4.69) is 25.5 Å². The number of aromatic amines is 1. The summed E-state index contributed by atoms with van der Waals surface area (Å²) in [5.41, 5.74) is 1.28. The molecule has 3 heterocycles. The molecular formula is C18H12FN5O2. The van der Waals surface area contributed by atoms with E-state index in [0.717, 1.165) is 0 Å². The molecule has 1 amide bonds. The van der Waals surface area contributed by atoms with Gasteiger partial charge in [0.2, 0.25) is 5.95 Å². The van der Waals surface area contributed by atoms with Gasteiger partial charge in [-0.25, -0.2) is 4.39 Å². The Morgan fingerprint density at radius 2 is 1.92 bits per heavy atom. The van der Waals surface area contributed by atoms with Crippen molar-refractivity contribution in [2.75, 3.05) is 5.32 Å². The van der Waals surface area contributed by atoms with Crippen LogP contribution in [-0.2, 0) is 0 Å². The molecule has 0 aliphatic rings. The second-order valence-corrected chi connectivity index (χ2v) is 5.35. The van der Waals surface area contributed by atoms with Gasteiger partial charge in [0, 0.05) is 11.8 Å². The summed E-state index contributed by atoms with van der Waals surface area (Å²) in [5.74, 6) is 0.257. The number of anilines is 1. The first-order valence-corrected chi connectivity index (χ1v) is 7.70. The fraction of sp³-hybridized carbons (Fsp3) is 0. The van der Waals surface area contributed by atoms with Crippen molar-refractivity contribution >= 4 is 11.9 Å². The number of furan rings is 1. The van der Waals surface area contributed by atoms with Crippen LogP contribution in [0.15, 0.2) is 65.2 Å². The Hall–Kier alpha value is -3.81. The van der Waals surface area contributed by atoms with E-state index >= 15 is 0 Å². The Morgan fingerprint density at radius 1 is 1.08 bits per heavy atom. The lowest BCUT2D eigenvalue weighted by Crippen LogP contribution is -2.12. The number of aromatic nitrogens is 4. The molecule has 0 unspecified atom stereocenters. The van der Waals surface area contributed by atoms with E-state index in [0.29, 0.717) is 22.8 Å². The Morgan fingerprint density at radius 3 is 2.69 bits per heavy atom. The average Bonchev–Trinajstić information content (AvgIpc) is 3.33. The van der Waals surface area contributed by atoms with Gasteiger partial charge in [-0.3, -0.25) is 20.2 Å². The largest absolute Gasteiger partial charge is 0.451 e. The van der Waals surface area contributed by atoms with E-state index in [1.807, 2.05) is 6.07 Å². The van der Waals surface area contributed by atoms with Gasteiger partial charge in [0.1, 0.15) is 17.3 Å². The summed E-state index contributed by atoms with van der Waals surface area (Å²) in [5, 5.41) is 9.20. The normalized spacial score (nSPS) is 10.7. The zero-order chi connectivity index (χ0) is 17.9. The summed E-state index contributed by atoms with van der Waals surface area (Å²) in [6, 6.07) is 14.3. The van der Waals surface area contributed by atoms with E-state index in [-0.39, 0.29) is 17.5 Å². The van der Waals surface area contributed by atoms with Gasteiger partial charge in [-0.1, -0.05) is 6.07 Å². The molecule has 7 nitrogen and oxygen atoms in total. The Labute approximate surface area is 146 Å². The smallest absolute Gasteiger partial charge is 0.293 e. The minimum absolute atomic E-state index is 0.0912. The first-order valence-electron chi connectivity index (χ1n) is 7.70. The number of rotatable bonds is 4. The van der Waals surface area contributed by atoms with Crippen LogP contribution in [0.1, 0.15) is 10.6 Å². The van der Waals surface area contributed by atoms with Crippen molar-refractivity contribution in [3.63, 3.8) is 0 Å². The third kappa shape index (κ3) is 3.20. The third-order valence-electron chi connectivity index (χ3n) is 3.58. The molecule has 4 rings (SSSR count). The summed E-state index contributed by atoms with van der Waals surface area (Å²) < 4.78 is 18.5. The minimum Gasteiger partial charge on any atom is -0.451 e. The number of carbonyl (C=O) groups is 1. The molecule has 26 heavy (non-hydrogen) atoms. The average molecular weight is 349 g/mol. The van der Waals surface area contributed by atoms with Crippen molar-refractivity contribution in [1.82, 2.24) is 20.2 Å². The van der Waals surface area contributed by atoms with Crippen molar-refractivity contribution in [1.29, 1.82) is 0 Å². The molecule has 4 aromatic rings. The molecule has 128 valence electrons. The van der Waals surface area contributed by atoms with Crippen molar-refractivity contribution in [2.24, 2.45) is 0 Å². The summed E-state index contributed by atoms with van der Waals surface area (Å²) in [6.45, 7) is 0. The lowest BCUT2D eigenvalue weighted by atomic mass is 10.2. The van der Waals surface area contributed by atoms with Crippen LogP contribution in [0.4, 0.5) is 10.3 Å². The number of pyridine rings is 1. The van der Waals surface area contributed by atoms with Gasteiger partial charge in [0.05, 0.1) is 0 Å². The van der Waals surface area contributed by atoms with Crippen LogP contribution >= 0.6 is 0 Å². The quantitative estimate of drug-likeness (QED) is 0.587. The van der Waals surface area contributed by atoms with Crippen LogP contribution in [0.25, 0.3) is 22.8 Å². The summed E-state index contributed by atoms with van der Waals surface area (Å²) in [7, 11) is 0. The number of hydrogen-bond acceptors (Lipinski definition) is 5. The molecule has 3 aromatic heterocycles. The standard InChI is InChI=1S/C18H12FN5O2/c19-12-6-4-11(5-7-12)14-8-9-15(26-14)17(25)22-18-21-16(23-24-18)13-3-1-2-10-20-13/h1-10H,(H2,21,22,23,24,25). The van der Waals surface area contributed by atoms with Crippen LogP contribution in [0.3, 0.4) is 0 Å². The van der Waals surface area contributed by atoms with E-state index in [1.54, 1.807) is 36.5 Å². The Bertz CT molecular complexity index is 1040. The van der Waals surface area contributed by atoms with Gasteiger partial charge in [0.15, 0.2) is 11.6 Å². The number of carbonyl (C=O) groups excluding carboxylic acids is 1. The molecule has 0 saturated heterocycles. The van der Waals surface area contributed by atoms with E-state index in [9.17, 15) is 9.18 Å². The Balaban J connectivity index is 1.49. The van der Waals surface area contributed by atoms with Crippen LogP contribution in [-0.4, -0.2) is 26.1 Å². The third-order valence-corrected chi connectivity index (χ3v) is 3.58. The number of nitrogens with zero attached hydrogens (tertiary/aromatic N) is 3. The highest BCUT2D eigenvalue weighted by Gasteiger charge is 2.15. The number of halogens is 1. The van der Waals surface area contributed by atoms with E-state index in [4.69, 9.17) is 4.42 Å². The summed E-state index contributed by atoms with van der Waals surface area (Å²) in [4.78, 5) is 20.6. The molecule has 8 heteroatoms. The highest BCUT2D eigenvalue weighted by Crippen LogP contribution is 2.23. The van der Waals surface area contributed by atoms with E-state index < -0.39 is 5.91 Å². The number of nitrogens with one attached hydrogen (secondary N) is 2. The fourth-order valence-electron chi connectivity index (χ4n) is 2.33. The van der Waals surface area contributed by atoms with Crippen molar-refractivity contribution < 1.29 is 13.6 Å². The topological polar surface area (TPSA) is 96.7 Å². The molecule has 0 aliphatic carbocycles. The monoisotopic (exact) mass is 349 g/mol.